The molecule has 0 saturated heterocycles. The maximum Gasteiger partial charge on any atom is 0.335 e. The van der Waals surface area contributed by atoms with E-state index in [0.29, 0.717) is 11.3 Å². The maximum atomic E-state index is 11.4. The molecule has 7 heteroatoms. The molecule has 0 saturated carbocycles. The zero-order valence-corrected chi connectivity index (χ0v) is 10.6. The van der Waals surface area contributed by atoms with Crippen LogP contribution in [0.15, 0.2) is 18.2 Å². The Hall–Kier alpha value is -2.57. The second-order valence-corrected chi connectivity index (χ2v) is 3.82. The van der Waals surface area contributed by atoms with Crippen LogP contribution in [0.3, 0.4) is 0 Å². The zero-order valence-electron chi connectivity index (χ0n) is 10.6. The molecule has 19 heavy (non-hydrogen) atoms. The molecule has 0 spiro atoms. The largest absolute Gasteiger partial charge is 0.478 e. The van der Waals surface area contributed by atoms with Gasteiger partial charge in [-0.2, -0.15) is 0 Å². The number of rotatable bonds is 4. The predicted octanol–water partition coefficient (Wildman–Crippen LogP) is 0.561. The van der Waals surface area contributed by atoms with Crippen LogP contribution >= 0.6 is 0 Å². The molecule has 1 aromatic carbocycles. The Labute approximate surface area is 110 Å². The molecule has 7 nitrogen and oxygen atoms in total. The van der Waals surface area contributed by atoms with Gasteiger partial charge in [0.1, 0.15) is 0 Å². The standard InChI is InChI=1S/C12H15N3O4/c1-7-5-8(3-4-9(7)11(17)18)15-12(19)14-6-10(16)13-2/h3-5H,6H2,1-2H3,(H,13,16)(H,17,18)(H2,14,15,19). The third kappa shape index (κ3) is 4.30. The van der Waals surface area contributed by atoms with Crippen LogP contribution in [0, 0.1) is 6.92 Å². The van der Waals surface area contributed by atoms with Gasteiger partial charge in [-0.15, -0.1) is 0 Å². The number of likely N-dealkylation sites (N-methyl/N-ethyl adjacent to an activating group) is 1. The number of hydrogen-bond donors (Lipinski definition) is 4. The Morgan fingerprint density at radius 1 is 1.26 bits per heavy atom. The summed E-state index contributed by atoms with van der Waals surface area (Å²) in [6.07, 6.45) is 0. The normalized spacial score (nSPS) is 9.58. The van der Waals surface area contributed by atoms with E-state index in [0.717, 1.165) is 0 Å². The Morgan fingerprint density at radius 3 is 2.47 bits per heavy atom. The number of aryl methyl sites for hydroxylation is 1. The van der Waals surface area contributed by atoms with E-state index in [1.807, 2.05) is 0 Å². The molecule has 0 unspecified atom stereocenters. The molecule has 0 atom stereocenters. The van der Waals surface area contributed by atoms with Gasteiger partial charge in [-0.25, -0.2) is 9.59 Å². The number of carbonyl (C=O) groups excluding carboxylic acids is 2. The van der Waals surface area contributed by atoms with Crippen LogP contribution in [0.25, 0.3) is 0 Å². The van der Waals surface area contributed by atoms with E-state index in [2.05, 4.69) is 16.0 Å². The topological polar surface area (TPSA) is 108 Å². The van der Waals surface area contributed by atoms with Gasteiger partial charge < -0.3 is 21.1 Å². The van der Waals surface area contributed by atoms with Crippen LogP contribution in [0.2, 0.25) is 0 Å². The summed E-state index contributed by atoms with van der Waals surface area (Å²) in [6, 6.07) is 3.90. The molecule has 0 aliphatic carbocycles. The summed E-state index contributed by atoms with van der Waals surface area (Å²) in [7, 11) is 1.47. The molecular weight excluding hydrogens is 250 g/mol. The molecule has 0 aromatic heterocycles. The lowest BCUT2D eigenvalue weighted by Crippen LogP contribution is -2.37. The van der Waals surface area contributed by atoms with Crippen LogP contribution in [-0.4, -0.2) is 36.6 Å². The summed E-state index contributed by atoms with van der Waals surface area (Å²) in [6.45, 7) is 1.51. The first-order valence-electron chi connectivity index (χ1n) is 5.53. The molecule has 1 aromatic rings. The first-order valence-corrected chi connectivity index (χ1v) is 5.53. The van der Waals surface area contributed by atoms with Gasteiger partial charge in [0.15, 0.2) is 0 Å². The van der Waals surface area contributed by atoms with Gasteiger partial charge in [0.25, 0.3) is 0 Å². The second kappa shape index (κ2) is 6.39. The number of hydrogen-bond acceptors (Lipinski definition) is 3. The lowest BCUT2D eigenvalue weighted by atomic mass is 10.1. The molecule has 0 heterocycles. The lowest BCUT2D eigenvalue weighted by Gasteiger charge is -2.08. The molecule has 102 valence electrons. The number of amides is 3. The molecule has 0 aliphatic heterocycles. The van der Waals surface area contributed by atoms with Gasteiger partial charge in [-0.05, 0) is 30.7 Å². The van der Waals surface area contributed by atoms with Crippen LogP contribution < -0.4 is 16.0 Å². The second-order valence-electron chi connectivity index (χ2n) is 3.82. The Bertz CT molecular complexity index is 514. The van der Waals surface area contributed by atoms with E-state index in [1.165, 1.54) is 19.2 Å². The van der Waals surface area contributed by atoms with Gasteiger partial charge in [0.05, 0.1) is 12.1 Å². The van der Waals surface area contributed by atoms with Crippen molar-refractivity contribution in [3.05, 3.63) is 29.3 Å². The number of aromatic carboxylic acids is 1. The number of carboxylic acid groups (broad SMARTS) is 1. The minimum atomic E-state index is -1.02. The Balaban J connectivity index is 2.63. The number of nitrogens with one attached hydrogen (secondary N) is 3. The lowest BCUT2D eigenvalue weighted by molar-refractivity contribution is -0.119. The van der Waals surface area contributed by atoms with Gasteiger partial charge in [0.2, 0.25) is 5.91 Å². The molecular formula is C12H15N3O4. The molecule has 0 aliphatic rings. The van der Waals surface area contributed by atoms with Crippen LogP contribution in [0.4, 0.5) is 10.5 Å². The molecule has 4 N–H and O–H groups in total. The SMILES string of the molecule is CNC(=O)CNC(=O)Nc1ccc(C(=O)O)c(C)c1. The Kier molecular flexibility index (Phi) is 4.87. The van der Waals surface area contributed by atoms with Gasteiger partial charge in [0, 0.05) is 12.7 Å². The van der Waals surface area contributed by atoms with Crippen LogP contribution in [0.5, 0.6) is 0 Å². The van der Waals surface area contributed by atoms with Crippen molar-refractivity contribution in [1.82, 2.24) is 10.6 Å². The summed E-state index contributed by atoms with van der Waals surface area (Å²) in [5.74, 6) is -1.33. The van der Waals surface area contributed by atoms with E-state index in [1.54, 1.807) is 13.0 Å². The van der Waals surface area contributed by atoms with Crippen molar-refractivity contribution in [2.45, 2.75) is 6.92 Å². The van der Waals surface area contributed by atoms with E-state index >= 15 is 0 Å². The van der Waals surface area contributed by atoms with Crippen molar-refractivity contribution < 1.29 is 19.5 Å². The average Bonchev–Trinajstić information content (AvgIpc) is 2.35. The van der Waals surface area contributed by atoms with E-state index < -0.39 is 12.0 Å². The van der Waals surface area contributed by atoms with Crippen molar-refractivity contribution in [1.29, 1.82) is 0 Å². The van der Waals surface area contributed by atoms with Crippen molar-refractivity contribution in [2.24, 2.45) is 0 Å². The quantitative estimate of drug-likeness (QED) is 0.638. The zero-order chi connectivity index (χ0) is 14.4. The van der Waals surface area contributed by atoms with Crippen molar-refractivity contribution >= 4 is 23.6 Å². The fourth-order valence-electron chi connectivity index (χ4n) is 1.41. The maximum absolute atomic E-state index is 11.4. The number of urea groups is 1. The highest BCUT2D eigenvalue weighted by molar-refractivity contribution is 5.94. The van der Waals surface area contributed by atoms with Crippen molar-refractivity contribution in [2.75, 3.05) is 18.9 Å². The monoisotopic (exact) mass is 265 g/mol. The van der Waals surface area contributed by atoms with E-state index in [-0.39, 0.29) is 18.0 Å². The molecule has 3 amide bonds. The molecule has 0 bridgehead atoms. The van der Waals surface area contributed by atoms with Crippen molar-refractivity contribution in [3.8, 4) is 0 Å². The number of carboxylic acids is 1. The number of anilines is 1. The molecule has 1 rings (SSSR count). The minimum absolute atomic E-state index is 0.130. The number of benzene rings is 1. The highest BCUT2D eigenvalue weighted by atomic mass is 16.4. The fourth-order valence-corrected chi connectivity index (χ4v) is 1.41. The third-order valence-corrected chi connectivity index (χ3v) is 2.40. The molecule has 0 radical (unpaired) electrons. The highest BCUT2D eigenvalue weighted by Gasteiger charge is 2.09. The number of carbonyl (C=O) groups is 3. The van der Waals surface area contributed by atoms with Gasteiger partial charge >= 0.3 is 12.0 Å². The van der Waals surface area contributed by atoms with Crippen LogP contribution in [0.1, 0.15) is 15.9 Å². The summed E-state index contributed by atoms with van der Waals surface area (Å²) in [5.41, 5.74) is 1.17. The van der Waals surface area contributed by atoms with E-state index in [4.69, 9.17) is 5.11 Å². The smallest absolute Gasteiger partial charge is 0.335 e. The predicted molar refractivity (Wildman–Crippen MR) is 69.2 cm³/mol. The Morgan fingerprint density at radius 2 is 1.95 bits per heavy atom. The van der Waals surface area contributed by atoms with Crippen LogP contribution in [-0.2, 0) is 4.79 Å². The highest BCUT2D eigenvalue weighted by Crippen LogP contribution is 2.14. The third-order valence-electron chi connectivity index (χ3n) is 2.40. The first-order chi connectivity index (χ1) is 8.93. The summed E-state index contributed by atoms with van der Waals surface area (Å²) < 4.78 is 0. The van der Waals surface area contributed by atoms with Gasteiger partial charge in [-0.1, -0.05) is 0 Å². The summed E-state index contributed by atoms with van der Waals surface area (Å²) >= 11 is 0. The average molecular weight is 265 g/mol. The fraction of sp³-hybridized carbons (Fsp3) is 0.250. The van der Waals surface area contributed by atoms with Crippen molar-refractivity contribution in [3.63, 3.8) is 0 Å². The summed E-state index contributed by atoms with van der Waals surface area (Å²) in [4.78, 5) is 33.2. The minimum Gasteiger partial charge on any atom is -0.478 e. The first kappa shape index (κ1) is 14.5. The van der Waals surface area contributed by atoms with E-state index in [9.17, 15) is 14.4 Å². The van der Waals surface area contributed by atoms with Gasteiger partial charge in [-0.3, -0.25) is 4.79 Å². The summed E-state index contributed by atoms with van der Waals surface area (Å²) in [5, 5.41) is 16.1. The molecule has 0 fully saturated rings.